The van der Waals surface area contributed by atoms with Crippen molar-refractivity contribution in [3.05, 3.63) is 45.7 Å². The van der Waals surface area contributed by atoms with Gasteiger partial charge in [-0.15, -0.1) is 6.42 Å². The Bertz CT molecular complexity index is 1200. The molecule has 0 saturated heterocycles. The molecule has 3 aliphatic carbocycles. The van der Waals surface area contributed by atoms with E-state index in [4.69, 9.17) is 12.2 Å². The molecule has 166 valence electrons. The number of Topliss-reactive ketones (excluding diaryl/α,β-unsaturated/α-hetero) is 2. The quantitative estimate of drug-likeness (QED) is 0.317. The van der Waals surface area contributed by atoms with Crippen LogP contribution in [0.4, 0.5) is 0 Å². The number of rotatable bonds is 2. The standard InChI is InChI=1S/C23H22N2O7/c1-4-9-5-6-13(26)15-11(9)7-10-8-12-17(25(2)3)19(28)16(22(24)31)21(30)23(12,32)20(29)14(10)18(15)27/h1,5-6,10,12,17,26-27,30,32H,7-8H2,2-3H3,(H2,24,31). The molecule has 1 fully saturated rings. The first kappa shape index (κ1) is 21.6. The molecule has 0 aromatic heterocycles. The number of amides is 1. The van der Waals surface area contributed by atoms with Gasteiger partial charge in [-0.25, -0.2) is 0 Å². The van der Waals surface area contributed by atoms with Crippen LogP contribution in [0.25, 0.3) is 5.76 Å². The van der Waals surface area contributed by atoms with Crippen molar-refractivity contribution < 1.29 is 34.8 Å². The molecule has 4 unspecified atom stereocenters. The molecule has 0 radical (unpaired) electrons. The molecule has 1 aromatic carbocycles. The smallest absolute Gasteiger partial charge is 0.255 e. The van der Waals surface area contributed by atoms with Gasteiger partial charge in [-0.3, -0.25) is 19.3 Å². The van der Waals surface area contributed by atoms with Crippen LogP contribution >= 0.6 is 0 Å². The summed E-state index contributed by atoms with van der Waals surface area (Å²) in [4.78, 5) is 39.9. The third kappa shape index (κ3) is 2.57. The van der Waals surface area contributed by atoms with Crippen LogP contribution in [0.5, 0.6) is 5.75 Å². The van der Waals surface area contributed by atoms with Crippen LogP contribution in [0.2, 0.25) is 0 Å². The summed E-state index contributed by atoms with van der Waals surface area (Å²) in [6.45, 7) is 0. The van der Waals surface area contributed by atoms with Gasteiger partial charge in [0.1, 0.15) is 22.8 Å². The van der Waals surface area contributed by atoms with Crippen LogP contribution < -0.4 is 5.73 Å². The second-order valence-electron chi connectivity index (χ2n) is 8.59. The van der Waals surface area contributed by atoms with Crippen LogP contribution in [-0.2, 0) is 20.8 Å². The van der Waals surface area contributed by atoms with Crippen molar-refractivity contribution in [2.45, 2.75) is 24.5 Å². The molecule has 0 aliphatic heterocycles. The molecule has 9 heteroatoms. The number of carbonyl (C=O) groups is 3. The van der Waals surface area contributed by atoms with Gasteiger partial charge in [0.25, 0.3) is 5.91 Å². The summed E-state index contributed by atoms with van der Waals surface area (Å²) >= 11 is 0. The Kier molecular flexibility index (Phi) is 4.69. The van der Waals surface area contributed by atoms with Gasteiger partial charge in [-0.1, -0.05) is 5.92 Å². The third-order valence-electron chi connectivity index (χ3n) is 6.76. The highest BCUT2D eigenvalue weighted by Gasteiger charge is 2.64. The number of aliphatic hydroxyl groups excluding tert-OH is 2. The topological polar surface area (TPSA) is 161 Å². The van der Waals surface area contributed by atoms with Crippen molar-refractivity contribution in [3.63, 3.8) is 0 Å². The first-order chi connectivity index (χ1) is 15.0. The summed E-state index contributed by atoms with van der Waals surface area (Å²) in [7, 11) is 3.09. The van der Waals surface area contributed by atoms with Gasteiger partial charge in [-0.2, -0.15) is 0 Å². The fourth-order valence-corrected chi connectivity index (χ4v) is 5.38. The van der Waals surface area contributed by atoms with E-state index in [2.05, 4.69) is 5.92 Å². The lowest BCUT2D eigenvalue weighted by molar-refractivity contribution is -0.153. The lowest BCUT2D eigenvalue weighted by Gasteiger charge is -2.50. The second kappa shape index (κ2) is 6.95. The van der Waals surface area contributed by atoms with E-state index in [1.807, 2.05) is 0 Å². The van der Waals surface area contributed by atoms with Crippen LogP contribution in [0.1, 0.15) is 23.1 Å². The van der Waals surface area contributed by atoms with E-state index in [1.54, 1.807) is 14.1 Å². The Morgan fingerprint density at radius 3 is 2.47 bits per heavy atom. The number of benzene rings is 1. The van der Waals surface area contributed by atoms with Gasteiger partial charge in [0.05, 0.1) is 11.6 Å². The zero-order valence-electron chi connectivity index (χ0n) is 17.4. The number of carbonyl (C=O) groups excluding carboxylic acids is 3. The van der Waals surface area contributed by atoms with Crippen LogP contribution in [0.15, 0.2) is 29.0 Å². The van der Waals surface area contributed by atoms with E-state index in [0.29, 0.717) is 11.1 Å². The monoisotopic (exact) mass is 438 g/mol. The van der Waals surface area contributed by atoms with Gasteiger partial charge < -0.3 is 26.2 Å². The Morgan fingerprint density at radius 2 is 1.91 bits per heavy atom. The number of phenolic OH excluding ortho intramolecular Hbond substituents is 1. The molecule has 1 saturated carbocycles. The number of hydrogen-bond donors (Lipinski definition) is 5. The molecule has 6 N–H and O–H groups in total. The molecular formula is C23H22N2O7. The van der Waals surface area contributed by atoms with Gasteiger partial charge in [0.2, 0.25) is 5.78 Å². The summed E-state index contributed by atoms with van der Waals surface area (Å²) in [6.07, 6.45) is 5.75. The zero-order valence-corrected chi connectivity index (χ0v) is 17.4. The average molecular weight is 438 g/mol. The van der Waals surface area contributed by atoms with E-state index in [0.717, 1.165) is 0 Å². The Labute approximate surface area is 183 Å². The van der Waals surface area contributed by atoms with Crippen molar-refractivity contribution in [1.29, 1.82) is 0 Å². The predicted molar refractivity (Wildman–Crippen MR) is 112 cm³/mol. The highest BCUT2D eigenvalue weighted by molar-refractivity contribution is 6.24. The number of nitrogens with zero attached hydrogens (tertiary/aromatic N) is 1. The molecule has 0 bridgehead atoms. The van der Waals surface area contributed by atoms with Crippen LogP contribution in [0, 0.1) is 24.2 Å². The Balaban J connectivity index is 2.00. The lowest BCUT2D eigenvalue weighted by atomic mass is 9.57. The lowest BCUT2D eigenvalue weighted by Crippen LogP contribution is -2.65. The first-order valence-electron chi connectivity index (χ1n) is 9.93. The third-order valence-corrected chi connectivity index (χ3v) is 6.76. The SMILES string of the molecule is C#Cc1ccc(O)c2c1CC1CC3C(N(C)C)C(=O)C(C(N)=O)=C(O)C3(O)C(=O)C1=C2O. The van der Waals surface area contributed by atoms with E-state index in [1.165, 1.54) is 17.0 Å². The van der Waals surface area contributed by atoms with Gasteiger partial charge in [0.15, 0.2) is 11.4 Å². The number of nitrogens with two attached hydrogens (primary N) is 1. The van der Waals surface area contributed by atoms with Crippen molar-refractivity contribution in [1.82, 2.24) is 4.90 Å². The summed E-state index contributed by atoms with van der Waals surface area (Å²) in [5.41, 5.74) is 2.46. The molecule has 32 heavy (non-hydrogen) atoms. The van der Waals surface area contributed by atoms with E-state index >= 15 is 0 Å². The van der Waals surface area contributed by atoms with E-state index in [9.17, 15) is 34.8 Å². The number of hydrogen-bond acceptors (Lipinski definition) is 8. The minimum Gasteiger partial charge on any atom is -0.508 e. The fraction of sp³-hybridized carbons (Fsp3) is 0.348. The maximum Gasteiger partial charge on any atom is 0.255 e. The molecular weight excluding hydrogens is 416 g/mol. The molecule has 3 aliphatic rings. The zero-order chi connectivity index (χ0) is 23.7. The number of aliphatic hydroxyl groups is 3. The molecule has 0 heterocycles. The number of fused-ring (bicyclic) bond motifs is 3. The van der Waals surface area contributed by atoms with E-state index in [-0.39, 0.29) is 29.7 Å². The second-order valence-corrected chi connectivity index (χ2v) is 8.59. The Morgan fingerprint density at radius 1 is 1.25 bits per heavy atom. The largest absolute Gasteiger partial charge is 0.508 e. The minimum atomic E-state index is -2.65. The minimum absolute atomic E-state index is 0.0169. The van der Waals surface area contributed by atoms with Crippen molar-refractivity contribution in [2.75, 3.05) is 14.1 Å². The van der Waals surface area contributed by atoms with Crippen molar-refractivity contribution >= 4 is 23.2 Å². The normalized spacial score (nSPS) is 29.4. The summed E-state index contributed by atoms with van der Waals surface area (Å²) in [6, 6.07) is 1.69. The molecule has 1 amide bonds. The first-order valence-corrected chi connectivity index (χ1v) is 9.93. The average Bonchev–Trinajstić information content (AvgIpc) is 2.70. The van der Waals surface area contributed by atoms with Crippen molar-refractivity contribution in [2.24, 2.45) is 17.6 Å². The number of ketones is 2. The highest BCUT2D eigenvalue weighted by atomic mass is 16.3. The molecule has 1 aromatic rings. The van der Waals surface area contributed by atoms with E-state index < -0.39 is 58.0 Å². The van der Waals surface area contributed by atoms with Gasteiger partial charge >= 0.3 is 0 Å². The number of phenols is 1. The number of likely N-dealkylation sites (N-methyl/N-ethyl adjacent to an activating group) is 1. The molecule has 9 nitrogen and oxygen atoms in total. The maximum atomic E-state index is 13.6. The van der Waals surface area contributed by atoms with Crippen LogP contribution in [0.3, 0.4) is 0 Å². The molecule has 0 spiro atoms. The van der Waals surface area contributed by atoms with Crippen LogP contribution in [-0.4, -0.2) is 68.5 Å². The fourth-order valence-electron chi connectivity index (χ4n) is 5.38. The van der Waals surface area contributed by atoms with Gasteiger partial charge in [0, 0.05) is 17.1 Å². The highest BCUT2D eigenvalue weighted by Crippen LogP contribution is 2.52. The Hall–Kier alpha value is -3.61. The number of aromatic hydroxyl groups is 1. The van der Waals surface area contributed by atoms with Gasteiger partial charge in [-0.05, 0) is 50.6 Å². The molecule has 4 rings (SSSR count). The predicted octanol–water partition coefficient (Wildman–Crippen LogP) is -0.0547. The maximum absolute atomic E-state index is 13.6. The number of primary amides is 1. The summed E-state index contributed by atoms with van der Waals surface area (Å²) in [5.74, 6) is -4.37. The number of terminal acetylenes is 1. The molecule has 4 atom stereocenters. The summed E-state index contributed by atoms with van der Waals surface area (Å²) < 4.78 is 0. The van der Waals surface area contributed by atoms with Crippen molar-refractivity contribution in [3.8, 4) is 18.1 Å². The summed E-state index contributed by atoms with van der Waals surface area (Å²) in [5, 5.41) is 43.5.